The second-order valence-electron chi connectivity index (χ2n) is 6.99. The summed E-state index contributed by atoms with van der Waals surface area (Å²) in [7, 11) is 0. The van der Waals surface area contributed by atoms with Crippen molar-refractivity contribution in [3.8, 4) is 11.4 Å². The van der Waals surface area contributed by atoms with Crippen molar-refractivity contribution < 1.29 is 13.7 Å². The SMILES string of the molecule is O=C(CN1CCN(Cc2nc(-c3ccccc3)no2)CC1)Nc1cccc(F)c1. The molecule has 1 saturated heterocycles. The number of amides is 1. The molecule has 150 valence electrons. The molecule has 0 spiro atoms. The van der Waals surface area contributed by atoms with Gasteiger partial charge in [-0.3, -0.25) is 14.6 Å². The molecule has 0 atom stereocenters. The summed E-state index contributed by atoms with van der Waals surface area (Å²) < 4.78 is 18.6. The predicted octanol–water partition coefficient (Wildman–Crippen LogP) is 2.63. The third-order valence-electron chi connectivity index (χ3n) is 4.80. The van der Waals surface area contributed by atoms with Gasteiger partial charge in [0.05, 0.1) is 13.1 Å². The number of hydrogen-bond donors (Lipinski definition) is 1. The number of hydrogen-bond acceptors (Lipinski definition) is 6. The van der Waals surface area contributed by atoms with E-state index in [1.54, 1.807) is 12.1 Å². The molecule has 3 aromatic rings. The van der Waals surface area contributed by atoms with E-state index in [0.29, 0.717) is 23.9 Å². The fourth-order valence-corrected chi connectivity index (χ4v) is 3.29. The van der Waals surface area contributed by atoms with Gasteiger partial charge in [-0.1, -0.05) is 41.6 Å². The Hall–Kier alpha value is -3.10. The third kappa shape index (κ3) is 5.24. The topological polar surface area (TPSA) is 74.5 Å². The largest absolute Gasteiger partial charge is 0.338 e. The maximum absolute atomic E-state index is 13.2. The first-order chi connectivity index (χ1) is 14.2. The Balaban J connectivity index is 1.23. The van der Waals surface area contributed by atoms with Gasteiger partial charge in [-0.15, -0.1) is 0 Å². The molecule has 0 radical (unpaired) electrons. The van der Waals surface area contributed by atoms with Crippen LogP contribution in [-0.4, -0.2) is 58.6 Å². The number of carbonyl (C=O) groups is 1. The Morgan fingerprint density at radius 2 is 1.79 bits per heavy atom. The molecule has 0 aliphatic carbocycles. The van der Waals surface area contributed by atoms with Crippen LogP contribution in [-0.2, 0) is 11.3 Å². The van der Waals surface area contributed by atoms with Gasteiger partial charge in [0.2, 0.25) is 17.6 Å². The van der Waals surface area contributed by atoms with Gasteiger partial charge in [-0.25, -0.2) is 4.39 Å². The summed E-state index contributed by atoms with van der Waals surface area (Å²) in [6.45, 7) is 3.99. The summed E-state index contributed by atoms with van der Waals surface area (Å²) in [4.78, 5) is 21.0. The van der Waals surface area contributed by atoms with Crippen LogP contribution in [0.4, 0.5) is 10.1 Å². The normalized spacial score (nSPS) is 15.3. The van der Waals surface area contributed by atoms with E-state index < -0.39 is 0 Å². The average Bonchev–Trinajstić information content (AvgIpc) is 3.19. The van der Waals surface area contributed by atoms with Gasteiger partial charge >= 0.3 is 0 Å². The van der Waals surface area contributed by atoms with Crippen molar-refractivity contribution in [2.75, 3.05) is 38.0 Å². The molecule has 1 fully saturated rings. The number of anilines is 1. The molecule has 2 heterocycles. The zero-order valence-electron chi connectivity index (χ0n) is 15.9. The number of nitrogens with zero attached hydrogens (tertiary/aromatic N) is 4. The van der Waals surface area contributed by atoms with Crippen molar-refractivity contribution in [3.05, 3.63) is 66.3 Å². The Morgan fingerprint density at radius 3 is 2.55 bits per heavy atom. The molecule has 0 saturated carbocycles. The molecule has 2 aromatic carbocycles. The van der Waals surface area contributed by atoms with Gasteiger partial charge in [-0.05, 0) is 18.2 Å². The van der Waals surface area contributed by atoms with E-state index >= 15 is 0 Å². The van der Waals surface area contributed by atoms with Crippen LogP contribution in [0.2, 0.25) is 0 Å². The van der Waals surface area contributed by atoms with Gasteiger partial charge in [0.25, 0.3) is 0 Å². The minimum atomic E-state index is -0.368. The third-order valence-corrected chi connectivity index (χ3v) is 4.80. The second-order valence-corrected chi connectivity index (χ2v) is 6.99. The fraction of sp³-hybridized carbons (Fsp3) is 0.286. The van der Waals surface area contributed by atoms with E-state index in [1.807, 2.05) is 30.3 Å². The number of carbonyl (C=O) groups excluding carboxylic acids is 1. The first-order valence-corrected chi connectivity index (χ1v) is 9.54. The van der Waals surface area contributed by atoms with Gasteiger partial charge in [-0.2, -0.15) is 4.98 Å². The summed E-state index contributed by atoms with van der Waals surface area (Å²) in [6, 6.07) is 15.6. The molecule has 8 heteroatoms. The number of piperazine rings is 1. The van der Waals surface area contributed by atoms with Gasteiger partial charge in [0.1, 0.15) is 5.82 Å². The molecule has 1 aliphatic rings. The Labute approximate surface area is 168 Å². The zero-order chi connectivity index (χ0) is 20.1. The second kappa shape index (κ2) is 8.93. The number of aromatic nitrogens is 2. The van der Waals surface area contributed by atoms with Crippen molar-refractivity contribution in [1.82, 2.24) is 19.9 Å². The Morgan fingerprint density at radius 1 is 1.03 bits per heavy atom. The van der Waals surface area contributed by atoms with Crippen molar-refractivity contribution in [2.45, 2.75) is 6.54 Å². The standard InChI is InChI=1S/C21H22FN5O2/c22-17-7-4-8-18(13-17)23-19(28)14-26-9-11-27(12-10-26)15-20-24-21(25-29-20)16-5-2-1-3-6-16/h1-8,13H,9-12,14-15H2,(H,23,28). The summed E-state index contributed by atoms with van der Waals surface area (Å²) in [5.74, 6) is 0.663. The molecule has 0 bridgehead atoms. The summed E-state index contributed by atoms with van der Waals surface area (Å²) in [5, 5.41) is 6.78. The highest BCUT2D eigenvalue weighted by molar-refractivity contribution is 5.92. The van der Waals surface area contributed by atoms with E-state index in [2.05, 4.69) is 25.3 Å². The molecular weight excluding hydrogens is 373 g/mol. The average molecular weight is 395 g/mol. The molecular formula is C21H22FN5O2. The van der Waals surface area contributed by atoms with E-state index in [-0.39, 0.29) is 18.3 Å². The minimum Gasteiger partial charge on any atom is -0.338 e. The van der Waals surface area contributed by atoms with Crippen molar-refractivity contribution in [2.24, 2.45) is 0 Å². The zero-order valence-corrected chi connectivity index (χ0v) is 15.9. The number of nitrogens with one attached hydrogen (secondary N) is 1. The van der Waals surface area contributed by atoms with Crippen molar-refractivity contribution in [1.29, 1.82) is 0 Å². The molecule has 0 unspecified atom stereocenters. The van der Waals surface area contributed by atoms with Crippen LogP contribution >= 0.6 is 0 Å². The Kier molecular flexibility index (Phi) is 5.92. The first-order valence-electron chi connectivity index (χ1n) is 9.54. The smallest absolute Gasteiger partial charge is 0.241 e. The highest BCUT2D eigenvalue weighted by atomic mass is 19.1. The summed E-state index contributed by atoms with van der Waals surface area (Å²) >= 11 is 0. The van der Waals surface area contributed by atoms with Crippen LogP contribution in [0.5, 0.6) is 0 Å². The van der Waals surface area contributed by atoms with Crippen LogP contribution in [0.25, 0.3) is 11.4 Å². The fourth-order valence-electron chi connectivity index (χ4n) is 3.29. The van der Waals surface area contributed by atoms with Gasteiger partial charge in [0, 0.05) is 37.4 Å². The minimum absolute atomic E-state index is 0.145. The predicted molar refractivity (Wildman–Crippen MR) is 106 cm³/mol. The Bertz CT molecular complexity index is 954. The molecule has 1 amide bonds. The van der Waals surface area contributed by atoms with E-state index in [9.17, 15) is 9.18 Å². The lowest BCUT2D eigenvalue weighted by Gasteiger charge is -2.33. The molecule has 29 heavy (non-hydrogen) atoms. The maximum atomic E-state index is 13.2. The van der Waals surface area contributed by atoms with Crippen LogP contribution in [0, 0.1) is 5.82 Å². The summed E-state index contributed by atoms with van der Waals surface area (Å²) in [5.41, 5.74) is 1.40. The number of halogens is 1. The molecule has 1 aromatic heterocycles. The lowest BCUT2D eigenvalue weighted by atomic mass is 10.2. The lowest BCUT2D eigenvalue weighted by Crippen LogP contribution is -2.48. The highest BCUT2D eigenvalue weighted by Gasteiger charge is 2.21. The first kappa shape index (κ1) is 19.2. The van der Waals surface area contributed by atoms with E-state index in [4.69, 9.17) is 4.52 Å². The van der Waals surface area contributed by atoms with Crippen molar-refractivity contribution in [3.63, 3.8) is 0 Å². The van der Waals surface area contributed by atoms with Crippen molar-refractivity contribution >= 4 is 11.6 Å². The van der Waals surface area contributed by atoms with Gasteiger partial charge in [0.15, 0.2) is 0 Å². The van der Waals surface area contributed by atoms with E-state index in [0.717, 1.165) is 31.7 Å². The summed E-state index contributed by atoms with van der Waals surface area (Å²) in [6.07, 6.45) is 0. The lowest BCUT2D eigenvalue weighted by molar-refractivity contribution is -0.117. The highest BCUT2D eigenvalue weighted by Crippen LogP contribution is 2.16. The monoisotopic (exact) mass is 395 g/mol. The van der Waals surface area contributed by atoms with Gasteiger partial charge < -0.3 is 9.84 Å². The van der Waals surface area contributed by atoms with E-state index in [1.165, 1.54) is 12.1 Å². The maximum Gasteiger partial charge on any atom is 0.241 e. The number of benzene rings is 2. The molecule has 1 N–H and O–H groups in total. The molecule has 4 rings (SSSR count). The van der Waals surface area contributed by atoms with Crippen LogP contribution in [0.15, 0.2) is 59.1 Å². The molecule has 7 nitrogen and oxygen atoms in total. The van der Waals surface area contributed by atoms with Crippen LogP contribution in [0.1, 0.15) is 5.89 Å². The molecule has 1 aliphatic heterocycles. The van der Waals surface area contributed by atoms with Crippen LogP contribution < -0.4 is 5.32 Å². The quantitative estimate of drug-likeness (QED) is 0.692. The van der Waals surface area contributed by atoms with Crippen LogP contribution in [0.3, 0.4) is 0 Å². The number of rotatable bonds is 6.